The largest absolute Gasteiger partial charge is 0.351 e. The number of pyridine rings is 1. The summed E-state index contributed by atoms with van der Waals surface area (Å²) in [5, 5.41) is 6.44. The van der Waals surface area contributed by atoms with Crippen LogP contribution in [0.2, 0.25) is 0 Å². The molecule has 136 valence electrons. The van der Waals surface area contributed by atoms with Crippen molar-refractivity contribution in [2.45, 2.75) is 19.4 Å². The minimum atomic E-state index is -1.10. The number of amides is 2. The number of hydrogen-bond donors (Lipinski definition) is 2. The second-order valence-electron chi connectivity index (χ2n) is 6.69. The molecule has 0 unspecified atom stereocenters. The average Bonchev–Trinajstić information content (AvgIpc) is 3.50. The first-order valence-electron chi connectivity index (χ1n) is 8.77. The topological polar surface area (TPSA) is 71.1 Å². The van der Waals surface area contributed by atoms with E-state index in [1.54, 1.807) is 30.5 Å². The minimum Gasteiger partial charge on any atom is -0.351 e. The normalized spacial score (nSPS) is 14.6. The van der Waals surface area contributed by atoms with Crippen molar-refractivity contribution >= 4 is 28.4 Å². The third-order valence-electron chi connectivity index (χ3n) is 4.90. The van der Waals surface area contributed by atoms with E-state index < -0.39 is 5.41 Å². The fraction of sp³-hybridized carbons (Fsp3) is 0.190. The Kier molecular flexibility index (Phi) is 4.32. The van der Waals surface area contributed by atoms with Crippen LogP contribution in [0.25, 0.3) is 10.9 Å². The van der Waals surface area contributed by atoms with Crippen LogP contribution < -0.4 is 10.6 Å². The molecule has 1 aliphatic rings. The van der Waals surface area contributed by atoms with Gasteiger partial charge in [-0.05, 0) is 31.0 Å². The molecular weight excluding hydrogens is 345 g/mol. The number of fused-ring (bicyclic) bond motifs is 1. The molecule has 0 aliphatic heterocycles. The van der Waals surface area contributed by atoms with Gasteiger partial charge in [0, 0.05) is 23.7 Å². The molecule has 0 saturated heterocycles. The van der Waals surface area contributed by atoms with Gasteiger partial charge in [-0.3, -0.25) is 14.6 Å². The standard InChI is InChI=1S/C21H18FN3O2/c22-16-8-2-1-5-15(16)13-24-19(26)21(10-11-21)20(27)25-17-9-3-6-14-7-4-12-23-18(14)17/h1-9,12H,10-11,13H2,(H,24,26)(H,25,27). The molecule has 2 aromatic carbocycles. The summed E-state index contributed by atoms with van der Waals surface area (Å²) in [6.07, 6.45) is 2.60. The summed E-state index contributed by atoms with van der Waals surface area (Å²) in [6, 6.07) is 15.5. The molecule has 2 N–H and O–H groups in total. The third-order valence-corrected chi connectivity index (χ3v) is 4.90. The summed E-state index contributed by atoms with van der Waals surface area (Å²) >= 11 is 0. The number of aromatic nitrogens is 1. The van der Waals surface area contributed by atoms with Gasteiger partial charge in [-0.25, -0.2) is 4.39 Å². The van der Waals surface area contributed by atoms with Gasteiger partial charge < -0.3 is 10.6 Å². The first-order valence-corrected chi connectivity index (χ1v) is 8.77. The molecule has 27 heavy (non-hydrogen) atoms. The van der Waals surface area contributed by atoms with Crippen LogP contribution >= 0.6 is 0 Å². The molecular formula is C21H18FN3O2. The van der Waals surface area contributed by atoms with Crippen molar-refractivity contribution in [2.24, 2.45) is 5.41 Å². The Balaban J connectivity index is 1.48. The van der Waals surface area contributed by atoms with E-state index in [2.05, 4.69) is 15.6 Å². The maximum atomic E-state index is 13.7. The Bertz CT molecular complexity index is 1030. The number of anilines is 1. The van der Waals surface area contributed by atoms with Gasteiger partial charge >= 0.3 is 0 Å². The number of halogens is 1. The number of nitrogens with zero attached hydrogens (tertiary/aromatic N) is 1. The molecule has 0 atom stereocenters. The van der Waals surface area contributed by atoms with Gasteiger partial charge in [0.2, 0.25) is 11.8 Å². The lowest BCUT2D eigenvalue weighted by Gasteiger charge is -2.16. The summed E-state index contributed by atoms with van der Waals surface area (Å²) in [7, 11) is 0. The predicted molar refractivity (Wildman–Crippen MR) is 100 cm³/mol. The zero-order valence-electron chi connectivity index (χ0n) is 14.5. The van der Waals surface area contributed by atoms with E-state index in [1.807, 2.05) is 24.3 Å². The van der Waals surface area contributed by atoms with Crippen LogP contribution in [-0.4, -0.2) is 16.8 Å². The molecule has 1 saturated carbocycles. The lowest BCUT2D eigenvalue weighted by atomic mass is 10.0. The highest BCUT2D eigenvalue weighted by Gasteiger charge is 2.56. The zero-order valence-corrected chi connectivity index (χ0v) is 14.5. The molecule has 0 radical (unpaired) electrons. The predicted octanol–water partition coefficient (Wildman–Crippen LogP) is 3.41. The van der Waals surface area contributed by atoms with E-state index in [9.17, 15) is 14.0 Å². The van der Waals surface area contributed by atoms with E-state index in [0.29, 0.717) is 29.6 Å². The van der Waals surface area contributed by atoms with Crippen molar-refractivity contribution in [1.82, 2.24) is 10.3 Å². The van der Waals surface area contributed by atoms with Gasteiger partial charge in [0.15, 0.2) is 0 Å². The SMILES string of the molecule is O=C(NCc1ccccc1F)C1(C(=O)Nc2cccc3cccnc23)CC1. The van der Waals surface area contributed by atoms with Crippen molar-refractivity contribution in [1.29, 1.82) is 0 Å². The van der Waals surface area contributed by atoms with Crippen LogP contribution in [0, 0.1) is 11.2 Å². The van der Waals surface area contributed by atoms with E-state index in [1.165, 1.54) is 6.07 Å². The van der Waals surface area contributed by atoms with Crippen molar-refractivity contribution in [3.63, 3.8) is 0 Å². The summed E-state index contributed by atoms with van der Waals surface area (Å²) < 4.78 is 13.7. The van der Waals surface area contributed by atoms with Crippen LogP contribution in [0.15, 0.2) is 60.8 Å². The van der Waals surface area contributed by atoms with E-state index in [-0.39, 0.29) is 24.2 Å². The number of rotatable bonds is 5. The molecule has 3 aromatic rings. The Morgan fingerprint density at radius 3 is 2.56 bits per heavy atom. The van der Waals surface area contributed by atoms with Gasteiger partial charge in [0.05, 0.1) is 11.2 Å². The van der Waals surface area contributed by atoms with E-state index in [4.69, 9.17) is 0 Å². The number of carbonyl (C=O) groups is 2. The summed E-state index contributed by atoms with van der Waals surface area (Å²) in [4.78, 5) is 29.7. The molecule has 6 heteroatoms. The van der Waals surface area contributed by atoms with Gasteiger partial charge in [0.1, 0.15) is 11.2 Å². The van der Waals surface area contributed by atoms with Gasteiger partial charge in [-0.15, -0.1) is 0 Å². The van der Waals surface area contributed by atoms with Crippen LogP contribution in [0.4, 0.5) is 10.1 Å². The molecule has 1 aliphatic carbocycles. The molecule has 0 bridgehead atoms. The van der Waals surface area contributed by atoms with Gasteiger partial charge in [0.25, 0.3) is 0 Å². The number of para-hydroxylation sites is 1. The molecule has 1 aromatic heterocycles. The highest BCUT2D eigenvalue weighted by molar-refractivity contribution is 6.14. The van der Waals surface area contributed by atoms with Crippen LogP contribution in [-0.2, 0) is 16.1 Å². The van der Waals surface area contributed by atoms with Crippen LogP contribution in [0.5, 0.6) is 0 Å². The molecule has 0 spiro atoms. The number of benzene rings is 2. The third kappa shape index (κ3) is 3.26. The Labute approximate surface area is 155 Å². The summed E-state index contributed by atoms with van der Waals surface area (Å²) in [5.74, 6) is -1.11. The second-order valence-corrected chi connectivity index (χ2v) is 6.69. The molecule has 2 amide bonds. The van der Waals surface area contributed by atoms with Crippen molar-refractivity contribution in [3.05, 3.63) is 72.2 Å². The first kappa shape index (κ1) is 17.1. The highest BCUT2D eigenvalue weighted by atomic mass is 19.1. The minimum absolute atomic E-state index is 0.0519. The maximum absolute atomic E-state index is 13.7. The lowest BCUT2D eigenvalue weighted by Crippen LogP contribution is -2.39. The van der Waals surface area contributed by atoms with Crippen LogP contribution in [0.3, 0.4) is 0 Å². The zero-order chi connectivity index (χ0) is 18.9. The molecule has 4 rings (SSSR count). The van der Waals surface area contributed by atoms with E-state index in [0.717, 1.165) is 5.39 Å². The van der Waals surface area contributed by atoms with Crippen molar-refractivity contribution < 1.29 is 14.0 Å². The van der Waals surface area contributed by atoms with Crippen LogP contribution in [0.1, 0.15) is 18.4 Å². The maximum Gasteiger partial charge on any atom is 0.240 e. The lowest BCUT2D eigenvalue weighted by molar-refractivity contribution is -0.134. The van der Waals surface area contributed by atoms with Crippen molar-refractivity contribution in [2.75, 3.05) is 5.32 Å². The monoisotopic (exact) mass is 363 g/mol. The number of hydrogen-bond acceptors (Lipinski definition) is 3. The summed E-state index contributed by atoms with van der Waals surface area (Å²) in [6.45, 7) is 0.0519. The Hall–Kier alpha value is -3.28. The first-order chi connectivity index (χ1) is 13.1. The smallest absolute Gasteiger partial charge is 0.240 e. The quantitative estimate of drug-likeness (QED) is 0.683. The van der Waals surface area contributed by atoms with E-state index >= 15 is 0 Å². The Morgan fingerprint density at radius 2 is 1.78 bits per heavy atom. The van der Waals surface area contributed by atoms with Crippen molar-refractivity contribution in [3.8, 4) is 0 Å². The summed E-state index contributed by atoms with van der Waals surface area (Å²) in [5.41, 5.74) is 0.546. The fourth-order valence-corrected chi connectivity index (χ4v) is 3.12. The highest BCUT2D eigenvalue weighted by Crippen LogP contribution is 2.47. The number of nitrogens with one attached hydrogen (secondary N) is 2. The fourth-order valence-electron chi connectivity index (χ4n) is 3.12. The second kappa shape index (κ2) is 6.79. The van der Waals surface area contributed by atoms with Gasteiger partial charge in [-0.1, -0.05) is 36.4 Å². The molecule has 1 fully saturated rings. The number of carbonyl (C=O) groups excluding carboxylic acids is 2. The Morgan fingerprint density at radius 1 is 1.00 bits per heavy atom. The molecule has 5 nitrogen and oxygen atoms in total. The molecule has 1 heterocycles. The van der Waals surface area contributed by atoms with Gasteiger partial charge in [-0.2, -0.15) is 0 Å². The average molecular weight is 363 g/mol.